The van der Waals surface area contributed by atoms with E-state index in [0.29, 0.717) is 19.8 Å². The van der Waals surface area contributed by atoms with Crippen molar-refractivity contribution in [1.82, 2.24) is 4.90 Å². The first kappa shape index (κ1) is 24.7. The molecule has 0 N–H and O–H groups in total. The molecule has 0 aromatic rings. The Morgan fingerprint density at radius 3 is 1.85 bits per heavy atom. The summed E-state index contributed by atoms with van der Waals surface area (Å²) < 4.78 is 10.4. The van der Waals surface area contributed by atoms with Crippen molar-refractivity contribution in [1.29, 1.82) is 0 Å². The largest absolute Gasteiger partial charge is 0.464 e. The molecule has 0 saturated carbocycles. The van der Waals surface area contributed by atoms with Crippen molar-refractivity contribution in [2.75, 3.05) is 26.3 Å². The third-order valence-electron chi connectivity index (χ3n) is 4.26. The van der Waals surface area contributed by atoms with Gasteiger partial charge in [-0.2, -0.15) is 0 Å². The summed E-state index contributed by atoms with van der Waals surface area (Å²) in [6.45, 7) is 9.22. The predicted octanol–water partition coefficient (Wildman–Crippen LogP) is 5.57. The molecule has 0 aliphatic rings. The molecule has 0 radical (unpaired) electrons. The van der Waals surface area contributed by atoms with Crippen LogP contribution in [0.4, 0.5) is 4.79 Å². The number of nitrogens with zero attached hydrogens (tertiary/aromatic N) is 1. The van der Waals surface area contributed by atoms with E-state index in [4.69, 9.17) is 9.47 Å². The molecule has 0 saturated heterocycles. The van der Waals surface area contributed by atoms with Gasteiger partial charge in [0.25, 0.3) is 0 Å². The van der Waals surface area contributed by atoms with Crippen LogP contribution in [0.5, 0.6) is 0 Å². The Labute approximate surface area is 160 Å². The second-order valence-corrected chi connectivity index (χ2v) is 7.39. The lowest BCUT2D eigenvalue weighted by Gasteiger charge is -2.20. The molecule has 0 aromatic carbocycles. The average Bonchev–Trinajstić information content (AvgIpc) is 2.62. The number of hydrogen-bond acceptors (Lipinski definition) is 4. The van der Waals surface area contributed by atoms with Crippen molar-refractivity contribution in [2.24, 2.45) is 5.92 Å². The van der Waals surface area contributed by atoms with Crippen molar-refractivity contribution in [2.45, 2.75) is 91.9 Å². The zero-order valence-corrected chi connectivity index (χ0v) is 17.6. The van der Waals surface area contributed by atoms with Crippen LogP contribution in [0.3, 0.4) is 0 Å². The molecule has 0 fully saturated rings. The van der Waals surface area contributed by atoms with Crippen LogP contribution in [-0.2, 0) is 14.3 Å². The van der Waals surface area contributed by atoms with Gasteiger partial charge in [-0.25, -0.2) is 4.79 Å². The van der Waals surface area contributed by atoms with E-state index in [1.54, 1.807) is 0 Å². The minimum absolute atomic E-state index is 0.0365. The van der Waals surface area contributed by atoms with E-state index in [1.165, 1.54) is 56.3 Å². The van der Waals surface area contributed by atoms with E-state index in [0.717, 1.165) is 12.8 Å². The lowest BCUT2D eigenvalue weighted by atomic mass is 10.1. The van der Waals surface area contributed by atoms with Gasteiger partial charge in [0.1, 0.15) is 6.54 Å². The molecule has 0 aliphatic carbocycles. The van der Waals surface area contributed by atoms with Gasteiger partial charge >= 0.3 is 12.1 Å². The fourth-order valence-electron chi connectivity index (χ4n) is 2.61. The fourth-order valence-corrected chi connectivity index (χ4v) is 2.61. The maximum Gasteiger partial charge on any atom is 0.410 e. The third kappa shape index (κ3) is 15.0. The van der Waals surface area contributed by atoms with Gasteiger partial charge < -0.3 is 9.47 Å². The summed E-state index contributed by atoms with van der Waals surface area (Å²) in [5.74, 6) is -0.0785. The molecule has 0 unspecified atom stereocenters. The summed E-state index contributed by atoms with van der Waals surface area (Å²) in [5.41, 5.74) is 0. The number of esters is 1. The van der Waals surface area contributed by atoms with Crippen molar-refractivity contribution < 1.29 is 19.1 Å². The van der Waals surface area contributed by atoms with E-state index in [1.807, 2.05) is 20.8 Å². The highest BCUT2D eigenvalue weighted by atomic mass is 16.6. The maximum absolute atomic E-state index is 11.9. The van der Waals surface area contributed by atoms with Crippen LogP contribution in [0.2, 0.25) is 0 Å². The van der Waals surface area contributed by atoms with Crippen molar-refractivity contribution in [3.8, 4) is 0 Å². The third-order valence-corrected chi connectivity index (χ3v) is 4.26. The minimum Gasteiger partial charge on any atom is -0.464 e. The summed E-state index contributed by atoms with van der Waals surface area (Å²) in [6, 6.07) is 0. The van der Waals surface area contributed by atoms with Gasteiger partial charge in [0.15, 0.2) is 0 Å². The predicted molar refractivity (Wildman–Crippen MR) is 106 cm³/mol. The average molecular weight is 372 g/mol. The Morgan fingerprint density at radius 1 is 0.808 bits per heavy atom. The molecule has 26 heavy (non-hydrogen) atoms. The van der Waals surface area contributed by atoms with E-state index < -0.39 is 6.09 Å². The van der Waals surface area contributed by atoms with Crippen LogP contribution in [0.25, 0.3) is 0 Å². The molecule has 0 aliphatic heterocycles. The first-order valence-corrected chi connectivity index (χ1v) is 10.6. The monoisotopic (exact) mass is 371 g/mol. The fraction of sp³-hybridized carbons (Fsp3) is 0.905. The Morgan fingerprint density at radius 2 is 1.35 bits per heavy atom. The highest BCUT2D eigenvalue weighted by Crippen LogP contribution is 2.10. The second kappa shape index (κ2) is 17.2. The van der Waals surface area contributed by atoms with Gasteiger partial charge in [-0.1, -0.05) is 78.6 Å². The summed E-state index contributed by atoms with van der Waals surface area (Å²) in [5, 5.41) is 0. The summed E-state index contributed by atoms with van der Waals surface area (Å²) in [6.07, 6.45) is 12.1. The lowest BCUT2D eigenvalue weighted by Crippen LogP contribution is -2.37. The highest BCUT2D eigenvalue weighted by Gasteiger charge is 2.17. The number of amides is 1. The number of carbonyl (C=O) groups excluding carboxylic acids is 2. The molecule has 154 valence electrons. The summed E-state index contributed by atoms with van der Waals surface area (Å²) in [7, 11) is 0. The van der Waals surface area contributed by atoms with Crippen LogP contribution in [-0.4, -0.2) is 43.3 Å². The highest BCUT2D eigenvalue weighted by molar-refractivity contribution is 5.78. The molecule has 0 heterocycles. The molecule has 0 aromatic heterocycles. The minimum atomic E-state index is -0.447. The molecular formula is C21H41NO4. The summed E-state index contributed by atoms with van der Waals surface area (Å²) >= 11 is 0. The van der Waals surface area contributed by atoms with Crippen LogP contribution < -0.4 is 0 Å². The Bertz CT molecular complexity index is 358. The van der Waals surface area contributed by atoms with E-state index in [-0.39, 0.29) is 18.4 Å². The molecular weight excluding hydrogens is 330 g/mol. The molecule has 5 heteroatoms. The zero-order chi connectivity index (χ0) is 19.6. The van der Waals surface area contributed by atoms with Crippen LogP contribution >= 0.6 is 0 Å². The maximum atomic E-state index is 11.9. The van der Waals surface area contributed by atoms with Crippen LogP contribution in [0.1, 0.15) is 91.9 Å². The quantitative estimate of drug-likeness (QED) is 0.263. The van der Waals surface area contributed by atoms with E-state index in [2.05, 4.69) is 6.92 Å². The normalized spacial score (nSPS) is 10.8. The zero-order valence-electron chi connectivity index (χ0n) is 17.6. The molecule has 0 spiro atoms. The van der Waals surface area contributed by atoms with Gasteiger partial charge in [0.05, 0.1) is 13.2 Å². The second-order valence-electron chi connectivity index (χ2n) is 7.39. The SMILES string of the molecule is CCCCCCCCCCCCOC(=O)CN(CC)C(=O)OCC(C)C. The van der Waals surface area contributed by atoms with Crippen LogP contribution in [0.15, 0.2) is 0 Å². The number of rotatable bonds is 16. The lowest BCUT2D eigenvalue weighted by molar-refractivity contribution is -0.144. The molecule has 5 nitrogen and oxygen atoms in total. The Hall–Kier alpha value is -1.26. The Balaban J connectivity index is 3.61. The van der Waals surface area contributed by atoms with Gasteiger partial charge in [0, 0.05) is 6.54 Å². The van der Waals surface area contributed by atoms with Crippen LogP contribution in [0, 0.1) is 5.92 Å². The van der Waals surface area contributed by atoms with Crippen molar-refractivity contribution in [3.05, 3.63) is 0 Å². The van der Waals surface area contributed by atoms with Gasteiger partial charge in [0.2, 0.25) is 0 Å². The number of carbonyl (C=O) groups is 2. The van der Waals surface area contributed by atoms with Gasteiger partial charge in [-0.3, -0.25) is 9.69 Å². The van der Waals surface area contributed by atoms with Crippen molar-refractivity contribution in [3.63, 3.8) is 0 Å². The molecule has 1 amide bonds. The first-order chi connectivity index (χ1) is 12.5. The Kier molecular flexibility index (Phi) is 16.3. The van der Waals surface area contributed by atoms with Gasteiger partial charge in [-0.15, -0.1) is 0 Å². The first-order valence-electron chi connectivity index (χ1n) is 10.6. The molecule has 0 rings (SSSR count). The number of ether oxygens (including phenoxy) is 2. The summed E-state index contributed by atoms with van der Waals surface area (Å²) in [4.78, 5) is 25.1. The number of likely N-dealkylation sites (N-methyl/N-ethyl adjacent to an activating group) is 1. The number of hydrogen-bond donors (Lipinski definition) is 0. The van der Waals surface area contributed by atoms with E-state index >= 15 is 0 Å². The van der Waals surface area contributed by atoms with Crippen molar-refractivity contribution >= 4 is 12.1 Å². The number of unbranched alkanes of at least 4 members (excludes halogenated alkanes) is 9. The van der Waals surface area contributed by atoms with Gasteiger partial charge in [-0.05, 0) is 19.3 Å². The smallest absolute Gasteiger partial charge is 0.410 e. The molecule has 0 bridgehead atoms. The molecule has 0 atom stereocenters. The topological polar surface area (TPSA) is 55.8 Å². The standard InChI is InChI=1S/C21H41NO4/c1-5-7-8-9-10-11-12-13-14-15-16-25-20(23)17-22(6-2)21(24)26-18-19(3)4/h19H,5-18H2,1-4H3. The van der Waals surface area contributed by atoms with E-state index in [9.17, 15) is 9.59 Å².